The summed E-state index contributed by atoms with van der Waals surface area (Å²) in [5.74, 6) is 0. The van der Waals surface area contributed by atoms with Crippen molar-refractivity contribution >= 4 is 15.9 Å². The molecule has 0 fully saturated rings. The number of hydrogen-bond acceptors (Lipinski definition) is 3. The molecule has 0 aliphatic rings. The summed E-state index contributed by atoms with van der Waals surface area (Å²) in [7, 11) is 3.71. The van der Waals surface area contributed by atoms with E-state index in [2.05, 4.69) is 26.3 Å². The van der Waals surface area contributed by atoms with Crippen molar-refractivity contribution in [2.75, 3.05) is 26.8 Å². The van der Waals surface area contributed by atoms with Crippen molar-refractivity contribution in [3.63, 3.8) is 0 Å². The quantitative estimate of drug-likeness (QED) is 0.776. The van der Waals surface area contributed by atoms with E-state index >= 15 is 0 Å². The first-order chi connectivity index (χ1) is 7.66. The Morgan fingerprint density at radius 1 is 1.44 bits per heavy atom. The maximum Gasteiger partial charge on any atom is 0.0738 e. The number of nitrogens with zero attached hydrogens (tertiary/aromatic N) is 2. The SMILES string of the molecule is COCCNCCCc1c(Br)c(C)nn1C. The number of rotatable bonds is 7. The van der Waals surface area contributed by atoms with E-state index in [1.54, 1.807) is 7.11 Å². The van der Waals surface area contributed by atoms with Gasteiger partial charge < -0.3 is 10.1 Å². The molecule has 1 heterocycles. The highest BCUT2D eigenvalue weighted by Crippen LogP contribution is 2.21. The van der Waals surface area contributed by atoms with E-state index in [1.807, 2.05) is 18.7 Å². The average Bonchev–Trinajstić information content (AvgIpc) is 2.49. The molecule has 0 aliphatic carbocycles. The molecule has 1 rings (SSSR count). The van der Waals surface area contributed by atoms with Gasteiger partial charge in [-0.05, 0) is 42.2 Å². The van der Waals surface area contributed by atoms with Gasteiger partial charge >= 0.3 is 0 Å². The Hall–Kier alpha value is -0.390. The second kappa shape index (κ2) is 7.04. The molecule has 4 nitrogen and oxygen atoms in total. The van der Waals surface area contributed by atoms with Crippen LogP contribution in [0.1, 0.15) is 17.8 Å². The summed E-state index contributed by atoms with van der Waals surface area (Å²) in [6, 6.07) is 0. The maximum absolute atomic E-state index is 4.96. The minimum atomic E-state index is 0.772. The third-order valence-corrected chi connectivity index (χ3v) is 3.54. The van der Waals surface area contributed by atoms with Crippen LogP contribution in [-0.2, 0) is 18.2 Å². The normalized spacial score (nSPS) is 11.0. The first kappa shape index (κ1) is 13.7. The van der Waals surface area contributed by atoms with Crippen molar-refractivity contribution in [3.8, 4) is 0 Å². The molecule has 0 bridgehead atoms. The van der Waals surface area contributed by atoms with Crippen LogP contribution < -0.4 is 5.32 Å². The molecule has 0 saturated carbocycles. The minimum Gasteiger partial charge on any atom is -0.383 e. The predicted octanol–water partition coefficient (Wildman–Crippen LogP) is 1.66. The van der Waals surface area contributed by atoms with Crippen molar-refractivity contribution in [1.82, 2.24) is 15.1 Å². The van der Waals surface area contributed by atoms with E-state index in [-0.39, 0.29) is 0 Å². The van der Waals surface area contributed by atoms with Crippen LogP contribution in [-0.4, -0.2) is 36.6 Å². The van der Waals surface area contributed by atoms with Crippen LogP contribution in [0, 0.1) is 6.92 Å². The fourth-order valence-electron chi connectivity index (χ4n) is 1.63. The van der Waals surface area contributed by atoms with Crippen LogP contribution in [0.25, 0.3) is 0 Å². The molecular formula is C11H20BrN3O. The minimum absolute atomic E-state index is 0.772. The van der Waals surface area contributed by atoms with Crippen LogP contribution in [0.5, 0.6) is 0 Å². The summed E-state index contributed by atoms with van der Waals surface area (Å²) in [5.41, 5.74) is 2.33. The molecule has 5 heteroatoms. The Kier molecular flexibility index (Phi) is 6.01. The van der Waals surface area contributed by atoms with E-state index in [0.717, 1.165) is 42.7 Å². The zero-order valence-electron chi connectivity index (χ0n) is 10.2. The highest BCUT2D eigenvalue weighted by molar-refractivity contribution is 9.10. The molecule has 0 radical (unpaired) electrons. The maximum atomic E-state index is 4.96. The van der Waals surface area contributed by atoms with Crippen molar-refractivity contribution in [2.45, 2.75) is 19.8 Å². The molecule has 92 valence electrons. The summed E-state index contributed by atoms with van der Waals surface area (Å²) in [4.78, 5) is 0. The first-order valence-electron chi connectivity index (χ1n) is 5.54. The molecule has 1 N–H and O–H groups in total. The van der Waals surface area contributed by atoms with Crippen LogP contribution in [0.15, 0.2) is 4.47 Å². The van der Waals surface area contributed by atoms with Crippen LogP contribution in [0.3, 0.4) is 0 Å². The van der Waals surface area contributed by atoms with Crippen molar-refractivity contribution < 1.29 is 4.74 Å². The Labute approximate surface area is 105 Å². The number of aromatic nitrogens is 2. The molecule has 0 unspecified atom stereocenters. The third kappa shape index (κ3) is 3.88. The van der Waals surface area contributed by atoms with Gasteiger partial charge in [0.1, 0.15) is 0 Å². The lowest BCUT2D eigenvalue weighted by Gasteiger charge is -2.05. The van der Waals surface area contributed by atoms with E-state index in [4.69, 9.17) is 4.74 Å². The van der Waals surface area contributed by atoms with Crippen LogP contribution in [0.2, 0.25) is 0 Å². The lowest BCUT2D eigenvalue weighted by atomic mass is 10.2. The van der Waals surface area contributed by atoms with E-state index < -0.39 is 0 Å². The summed E-state index contributed by atoms with van der Waals surface area (Å²) >= 11 is 3.57. The van der Waals surface area contributed by atoms with Gasteiger partial charge in [-0.3, -0.25) is 4.68 Å². The van der Waals surface area contributed by atoms with Gasteiger partial charge in [0.15, 0.2) is 0 Å². The number of ether oxygens (including phenoxy) is 1. The Balaban J connectivity index is 2.26. The number of halogens is 1. The predicted molar refractivity (Wildman–Crippen MR) is 68.7 cm³/mol. The number of nitrogens with one attached hydrogen (secondary N) is 1. The zero-order valence-corrected chi connectivity index (χ0v) is 11.8. The Bertz CT molecular complexity index is 325. The molecule has 0 spiro atoms. The molecule has 1 aromatic rings. The first-order valence-corrected chi connectivity index (χ1v) is 6.33. The fraction of sp³-hybridized carbons (Fsp3) is 0.727. The summed E-state index contributed by atoms with van der Waals surface area (Å²) in [6.45, 7) is 4.72. The smallest absolute Gasteiger partial charge is 0.0738 e. The fourth-order valence-corrected chi connectivity index (χ4v) is 2.17. The van der Waals surface area contributed by atoms with Crippen LogP contribution in [0.4, 0.5) is 0 Å². The van der Waals surface area contributed by atoms with Gasteiger partial charge in [-0.15, -0.1) is 0 Å². The average molecular weight is 290 g/mol. The summed E-state index contributed by atoms with van der Waals surface area (Å²) in [6.07, 6.45) is 2.15. The van der Waals surface area contributed by atoms with Gasteiger partial charge in [-0.1, -0.05) is 0 Å². The Morgan fingerprint density at radius 3 is 2.75 bits per heavy atom. The summed E-state index contributed by atoms with van der Waals surface area (Å²) < 4.78 is 8.06. The largest absolute Gasteiger partial charge is 0.383 e. The molecular weight excluding hydrogens is 270 g/mol. The highest BCUT2D eigenvalue weighted by Gasteiger charge is 2.09. The molecule has 0 atom stereocenters. The van der Waals surface area contributed by atoms with E-state index in [0.29, 0.717) is 0 Å². The molecule has 0 saturated heterocycles. The Morgan fingerprint density at radius 2 is 2.19 bits per heavy atom. The second-order valence-electron chi connectivity index (χ2n) is 3.82. The lowest BCUT2D eigenvalue weighted by Crippen LogP contribution is -2.20. The van der Waals surface area contributed by atoms with E-state index in [1.165, 1.54) is 5.69 Å². The molecule has 1 aromatic heterocycles. The number of hydrogen-bond donors (Lipinski definition) is 1. The van der Waals surface area contributed by atoms with Gasteiger partial charge in [0.05, 0.1) is 22.5 Å². The zero-order chi connectivity index (χ0) is 12.0. The van der Waals surface area contributed by atoms with Gasteiger partial charge in [-0.2, -0.15) is 5.10 Å². The lowest BCUT2D eigenvalue weighted by molar-refractivity contribution is 0.199. The van der Waals surface area contributed by atoms with Crippen molar-refractivity contribution in [1.29, 1.82) is 0 Å². The number of aryl methyl sites for hydroxylation is 2. The van der Waals surface area contributed by atoms with Gasteiger partial charge in [0.25, 0.3) is 0 Å². The van der Waals surface area contributed by atoms with Gasteiger partial charge in [0.2, 0.25) is 0 Å². The molecule has 0 amide bonds. The third-order valence-electron chi connectivity index (χ3n) is 2.51. The van der Waals surface area contributed by atoms with E-state index in [9.17, 15) is 0 Å². The standard InChI is InChI=1S/C11H20BrN3O/c1-9-11(12)10(15(2)14-9)5-4-6-13-7-8-16-3/h13H,4-8H2,1-3H3. The van der Waals surface area contributed by atoms with Crippen molar-refractivity contribution in [2.24, 2.45) is 7.05 Å². The second-order valence-corrected chi connectivity index (χ2v) is 4.61. The topological polar surface area (TPSA) is 39.1 Å². The van der Waals surface area contributed by atoms with Gasteiger partial charge in [-0.25, -0.2) is 0 Å². The van der Waals surface area contributed by atoms with Gasteiger partial charge in [0, 0.05) is 20.7 Å². The molecule has 16 heavy (non-hydrogen) atoms. The highest BCUT2D eigenvalue weighted by atomic mass is 79.9. The van der Waals surface area contributed by atoms with Crippen LogP contribution >= 0.6 is 15.9 Å². The summed E-state index contributed by atoms with van der Waals surface area (Å²) in [5, 5.41) is 7.70. The van der Waals surface area contributed by atoms with Crippen molar-refractivity contribution in [3.05, 3.63) is 15.9 Å². The number of methoxy groups -OCH3 is 1. The monoisotopic (exact) mass is 289 g/mol. The molecule has 0 aromatic carbocycles. The molecule has 0 aliphatic heterocycles.